The van der Waals surface area contributed by atoms with E-state index in [1.807, 2.05) is 43.3 Å². The molecule has 0 spiro atoms. The van der Waals surface area contributed by atoms with Crippen molar-refractivity contribution in [3.8, 4) is 17.3 Å². The molecule has 0 unspecified atom stereocenters. The number of hydrogen-bond donors (Lipinski definition) is 0. The van der Waals surface area contributed by atoms with Crippen molar-refractivity contribution >= 4 is 0 Å². The molecule has 3 aromatic rings. The smallest absolute Gasteiger partial charge is 0.264 e. The molecule has 5 nitrogen and oxygen atoms in total. The number of ether oxygens (including phenoxy) is 1. The Morgan fingerprint density at radius 3 is 2.76 bits per heavy atom. The van der Waals surface area contributed by atoms with Gasteiger partial charge in [0, 0.05) is 6.20 Å². The van der Waals surface area contributed by atoms with E-state index in [0.717, 1.165) is 5.75 Å². The van der Waals surface area contributed by atoms with Crippen LogP contribution < -0.4 is 4.74 Å². The maximum Gasteiger partial charge on any atom is 0.264 e. The maximum absolute atomic E-state index is 5.66. The second-order valence-corrected chi connectivity index (χ2v) is 4.76. The van der Waals surface area contributed by atoms with Crippen LogP contribution in [-0.2, 0) is 6.61 Å². The Bertz CT molecular complexity index is 738. The van der Waals surface area contributed by atoms with Gasteiger partial charge >= 0.3 is 0 Å². The highest BCUT2D eigenvalue weighted by molar-refractivity contribution is 5.47. The summed E-state index contributed by atoms with van der Waals surface area (Å²) in [4.78, 5) is 8.45. The van der Waals surface area contributed by atoms with Crippen LogP contribution in [0.3, 0.4) is 0 Å². The van der Waals surface area contributed by atoms with Crippen LogP contribution in [0.5, 0.6) is 5.75 Å². The third kappa shape index (κ3) is 3.08. The van der Waals surface area contributed by atoms with Crippen molar-refractivity contribution in [1.82, 2.24) is 15.1 Å². The van der Waals surface area contributed by atoms with E-state index in [9.17, 15) is 0 Å². The standard InChI is InChI=1S/C16H15N3O2/c1-11-6-7-13(9-12(11)2)20-10-15-18-16(19-21-15)14-5-3-4-8-17-14/h3-9H,10H2,1-2H3. The number of rotatable bonds is 4. The van der Waals surface area contributed by atoms with Crippen LogP contribution in [0.25, 0.3) is 11.5 Å². The van der Waals surface area contributed by atoms with Crippen molar-refractivity contribution in [2.24, 2.45) is 0 Å². The van der Waals surface area contributed by atoms with Crippen molar-refractivity contribution in [3.05, 3.63) is 59.6 Å². The van der Waals surface area contributed by atoms with Gasteiger partial charge in [0.15, 0.2) is 6.61 Å². The monoisotopic (exact) mass is 281 g/mol. The van der Waals surface area contributed by atoms with Gasteiger partial charge in [-0.05, 0) is 49.2 Å². The molecular weight excluding hydrogens is 266 g/mol. The third-order valence-corrected chi connectivity index (χ3v) is 3.20. The highest BCUT2D eigenvalue weighted by Gasteiger charge is 2.10. The summed E-state index contributed by atoms with van der Waals surface area (Å²) in [6.45, 7) is 4.35. The number of aromatic nitrogens is 3. The van der Waals surface area contributed by atoms with Gasteiger partial charge in [-0.1, -0.05) is 17.3 Å². The minimum absolute atomic E-state index is 0.238. The van der Waals surface area contributed by atoms with Gasteiger partial charge < -0.3 is 9.26 Å². The highest BCUT2D eigenvalue weighted by Crippen LogP contribution is 2.18. The van der Waals surface area contributed by atoms with Crippen molar-refractivity contribution < 1.29 is 9.26 Å². The topological polar surface area (TPSA) is 61.0 Å². The molecule has 2 aromatic heterocycles. The molecule has 0 amide bonds. The molecule has 0 atom stereocenters. The van der Waals surface area contributed by atoms with Gasteiger partial charge in [-0.15, -0.1) is 0 Å². The summed E-state index contributed by atoms with van der Waals surface area (Å²) >= 11 is 0. The lowest BCUT2D eigenvalue weighted by atomic mass is 10.1. The quantitative estimate of drug-likeness (QED) is 0.734. The van der Waals surface area contributed by atoms with E-state index in [-0.39, 0.29) is 6.61 Å². The van der Waals surface area contributed by atoms with Crippen LogP contribution in [0.15, 0.2) is 47.1 Å². The lowest BCUT2D eigenvalue weighted by molar-refractivity contribution is 0.243. The Balaban J connectivity index is 1.69. The molecule has 0 radical (unpaired) electrons. The molecule has 0 bridgehead atoms. The SMILES string of the molecule is Cc1ccc(OCc2nc(-c3ccccn3)no2)cc1C. The van der Waals surface area contributed by atoms with Crippen LogP contribution in [-0.4, -0.2) is 15.1 Å². The van der Waals surface area contributed by atoms with Gasteiger partial charge in [0.25, 0.3) is 5.89 Å². The zero-order valence-corrected chi connectivity index (χ0v) is 11.9. The molecule has 0 aliphatic heterocycles. The molecule has 1 aromatic carbocycles. The molecule has 5 heteroatoms. The number of hydrogen-bond acceptors (Lipinski definition) is 5. The molecule has 0 N–H and O–H groups in total. The van der Waals surface area contributed by atoms with Crippen LogP contribution in [0.4, 0.5) is 0 Å². The summed E-state index contributed by atoms with van der Waals surface area (Å²) in [6.07, 6.45) is 1.69. The fraction of sp³-hybridized carbons (Fsp3) is 0.188. The van der Waals surface area contributed by atoms with Gasteiger partial charge in [-0.3, -0.25) is 4.98 Å². The largest absolute Gasteiger partial charge is 0.484 e. The first-order valence-electron chi connectivity index (χ1n) is 6.66. The van der Waals surface area contributed by atoms with Gasteiger partial charge in [-0.25, -0.2) is 0 Å². The van der Waals surface area contributed by atoms with Crippen molar-refractivity contribution in [3.63, 3.8) is 0 Å². The first-order chi connectivity index (χ1) is 10.2. The summed E-state index contributed by atoms with van der Waals surface area (Å²) in [5.41, 5.74) is 3.10. The zero-order chi connectivity index (χ0) is 14.7. The van der Waals surface area contributed by atoms with Crippen LogP contribution in [0.1, 0.15) is 17.0 Å². The van der Waals surface area contributed by atoms with E-state index in [4.69, 9.17) is 9.26 Å². The third-order valence-electron chi connectivity index (χ3n) is 3.20. The molecule has 0 saturated heterocycles. The van der Waals surface area contributed by atoms with Crippen LogP contribution in [0.2, 0.25) is 0 Å². The molecule has 0 fully saturated rings. The van der Waals surface area contributed by atoms with Crippen LogP contribution in [0, 0.1) is 13.8 Å². The van der Waals surface area contributed by atoms with E-state index in [0.29, 0.717) is 17.4 Å². The second kappa shape index (κ2) is 5.75. The van der Waals surface area contributed by atoms with Gasteiger partial charge in [0.1, 0.15) is 11.4 Å². The molecule has 0 saturated carbocycles. The summed E-state index contributed by atoms with van der Waals surface area (Å²) in [6, 6.07) is 11.5. The summed E-state index contributed by atoms with van der Waals surface area (Å²) < 4.78 is 10.8. The van der Waals surface area contributed by atoms with Gasteiger partial charge in [0.05, 0.1) is 0 Å². The fourth-order valence-corrected chi connectivity index (χ4v) is 1.86. The molecule has 0 aliphatic rings. The molecule has 21 heavy (non-hydrogen) atoms. The fourth-order valence-electron chi connectivity index (χ4n) is 1.86. The lowest BCUT2D eigenvalue weighted by Gasteiger charge is -2.05. The highest BCUT2D eigenvalue weighted by atomic mass is 16.5. The Hall–Kier alpha value is -2.69. The van der Waals surface area contributed by atoms with E-state index in [1.165, 1.54) is 11.1 Å². The molecule has 106 valence electrons. The molecule has 0 aliphatic carbocycles. The summed E-state index contributed by atoms with van der Waals surface area (Å²) in [5.74, 6) is 1.68. The average Bonchev–Trinajstić information content (AvgIpc) is 2.98. The molecular formula is C16H15N3O2. The zero-order valence-electron chi connectivity index (χ0n) is 11.9. The van der Waals surface area contributed by atoms with Crippen molar-refractivity contribution in [2.45, 2.75) is 20.5 Å². The average molecular weight is 281 g/mol. The Morgan fingerprint density at radius 2 is 2.00 bits per heavy atom. The Morgan fingerprint density at radius 1 is 1.10 bits per heavy atom. The number of benzene rings is 1. The van der Waals surface area contributed by atoms with Gasteiger partial charge in [0.2, 0.25) is 5.82 Å². The van der Waals surface area contributed by atoms with E-state index in [2.05, 4.69) is 22.0 Å². The summed E-state index contributed by atoms with van der Waals surface area (Å²) in [7, 11) is 0. The number of nitrogens with zero attached hydrogens (tertiary/aromatic N) is 3. The minimum atomic E-state index is 0.238. The predicted molar refractivity (Wildman–Crippen MR) is 77.8 cm³/mol. The van der Waals surface area contributed by atoms with E-state index in [1.54, 1.807) is 6.20 Å². The lowest BCUT2D eigenvalue weighted by Crippen LogP contribution is -1.96. The summed E-state index contributed by atoms with van der Waals surface area (Å²) in [5, 5.41) is 3.90. The van der Waals surface area contributed by atoms with Crippen molar-refractivity contribution in [1.29, 1.82) is 0 Å². The maximum atomic E-state index is 5.66. The Kier molecular flexibility index (Phi) is 3.64. The second-order valence-electron chi connectivity index (χ2n) is 4.76. The number of aryl methyl sites for hydroxylation is 2. The first-order valence-corrected chi connectivity index (χ1v) is 6.66. The number of pyridine rings is 1. The molecule has 2 heterocycles. The van der Waals surface area contributed by atoms with E-state index >= 15 is 0 Å². The minimum Gasteiger partial charge on any atom is -0.484 e. The first kappa shape index (κ1) is 13.3. The molecule has 3 rings (SSSR count). The van der Waals surface area contributed by atoms with Crippen LogP contribution >= 0.6 is 0 Å². The van der Waals surface area contributed by atoms with Crippen molar-refractivity contribution in [2.75, 3.05) is 0 Å². The van der Waals surface area contributed by atoms with E-state index < -0.39 is 0 Å². The Labute approximate surface area is 122 Å². The normalized spacial score (nSPS) is 10.6. The predicted octanol–water partition coefficient (Wildman–Crippen LogP) is 3.33. The van der Waals surface area contributed by atoms with Gasteiger partial charge in [-0.2, -0.15) is 4.98 Å².